The predicted octanol–water partition coefficient (Wildman–Crippen LogP) is 2.43. The van der Waals surface area contributed by atoms with E-state index < -0.39 is 18.4 Å². The molecule has 1 aliphatic rings. The van der Waals surface area contributed by atoms with Gasteiger partial charge in [-0.15, -0.1) is 0 Å². The van der Waals surface area contributed by atoms with Gasteiger partial charge in [-0.3, -0.25) is 5.41 Å². The van der Waals surface area contributed by atoms with E-state index in [0.717, 1.165) is 4.47 Å². The fourth-order valence-electron chi connectivity index (χ4n) is 2.23. The first-order valence-electron chi connectivity index (χ1n) is 6.36. The molecule has 1 atom stereocenters. The maximum absolute atomic E-state index is 13.6. The molecule has 0 aliphatic carbocycles. The molecule has 5 nitrogen and oxygen atoms in total. The van der Waals surface area contributed by atoms with Crippen LogP contribution in [0, 0.1) is 5.41 Å². The number of hydrogen-bond acceptors (Lipinski definition) is 2. The molecule has 1 heterocycles. The summed E-state index contributed by atoms with van der Waals surface area (Å²) in [5.41, 5.74) is 11.9. The number of amidine groups is 1. The monoisotopic (exact) mass is 359 g/mol. The minimum atomic E-state index is -2.82. The number of rotatable bonds is 2. The molecule has 0 spiro atoms. The van der Waals surface area contributed by atoms with Crippen LogP contribution in [-0.4, -0.2) is 35.2 Å². The average molecular weight is 360 g/mol. The van der Waals surface area contributed by atoms with Gasteiger partial charge in [-0.25, -0.2) is 13.8 Å². The van der Waals surface area contributed by atoms with Gasteiger partial charge in [-0.1, -0.05) is 15.9 Å². The van der Waals surface area contributed by atoms with Crippen molar-refractivity contribution in [3.8, 4) is 0 Å². The van der Waals surface area contributed by atoms with Crippen molar-refractivity contribution in [1.82, 2.24) is 4.90 Å². The Hall–Kier alpha value is -1.70. The molecule has 1 unspecified atom stereocenters. The zero-order chi connectivity index (χ0) is 15.6. The van der Waals surface area contributed by atoms with Gasteiger partial charge in [0.05, 0.1) is 11.7 Å². The Morgan fingerprint density at radius 3 is 2.52 bits per heavy atom. The molecule has 1 aliphatic heterocycles. The number of hydrogen-bond donors (Lipinski definition) is 3. The van der Waals surface area contributed by atoms with Crippen LogP contribution in [0.15, 0.2) is 33.7 Å². The second-order valence-electron chi connectivity index (χ2n) is 4.92. The largest absolute Gasteiger partial charge is 0.385 e. The summed E-state index contributed by atoms with van der Waals surface area (Å²) in [7, 11) is 0. The van der Waals surface area contributed by atoms with Crippen LogP contribution in [0.1, 0.15) is 12.8 Å². The van der Waals surface area contributed by atoms with Gasteiger partial charge in [0.15, 0.2) is 5.96 Å². The van der Waals surface area contributed by atoms with Crippen LogP contribution < -0.4 is 11.5 Å². The first-order chi connectivity index (χ1) is 9.78. The highest BCUT2D eigenvalue weighted by Crippen LogP contribution is 2.32. The van der Waals surface area contributed by atoms with E-state index in [1.807, 2.05) is 0 Å². The van der Waals surface area contributed by atoms with Crippen LogP contribution in [0.5, 0.6) is 0 Å². The Kier molecular flexibility index (Phi) is 4.46. The lowest BCUT2D eigenvalue weighted by atomic mass is 9.98. The van der Waals surface area contributed by atoms with Gasteiger partial charge >= 0.3 is 0 Å². The van der Waals surface area contributed by atoms with Gasteiger partial charge in [0.1, 0.15) is 5.84 Å². The first-order valence-corrected chi connectivity index (χ1v) is 7.16. The number of alkyl halides is 2. The highest BCUT2D eigenvalue weighted by Gasteiger charge is 2.42. The zero-order valence-electron chi connectivity index (χ0n) is 11.2. The molecule has 0 radical (unpaired) electrons. The van der Waals surface area contributed by atoms with Crippen LogP contribution in [-0.2, 0) is 0 Å². The van der Waals surface area contributed by atoms with Gasteiger partial charge < -0.3 is 16.4 Å². The van der Waals surface area contributed by atoms with E-state index in [0.29, 0.717) is 5.69 Å². The van der Waals surface area contributed by atoms with Crippen molar-refractivity contribution in [3.05, 3.63) is 28.7 Å². The van der Waals surface area contributed by atoms with Crippen molar-refractivity contribution >= 4 is 33.4 Å². The maximum Gasteiger partial charge on any atom is 0.252 e. The SMILES string of the molecule is N=C(N)N1CCC(F)(F)CC1C(N)=Nc1ccc(Br)cc1. The Morgan fingerprint density at radius 1 is 1.33 bits per heavy atom. The lowest BCUT2D eigenvalue weighted by Gasteiger charge is -2.39. The fraction of sp³-hybridized carbons (Fsp3) is 0.385. The molecule has 0 saturated carbocycles. The Morgan fingerprint density at radius 2 is 1.95 bits per heavy atom. The van der Waals surface area contributed by atoms with Gasteiger partial charge in [0.2, 0.25) is 0 Å². The van der Waals surface area contributed by atoms with Crippen LogP contribution in [0.25, 0.3) is 0 Å². The molecule has 0 bridgehead atoms. The van der Waals surface area contributed by atoms with Gasteiger partial charge in [-0.2, -0.15) is 0 Å². The fourth-order valence-corrected chi connectivity index (χ4v) is 2.49. The Bertz CT molecular complexity index is 558. The van der Waals surface area contributed by atoms with Gasteiger partial charge in [0, 0.05) is 23.9 Å². The first kappa shape index (κ1) is 15.7. The molecule has 0 amide bonds. The number of halogens is 3. The minimum Gasteiger partial charge on any atom is -0.385 e. The van der Waals surface area contributed by atoms with Crippen LogP contribution >= 0.6 is 15.9 Å². The topological polar surface area (TPSA) is 91.5 Å². The molecule has 0 aromatic heterocycles. The summed E-state index contributed by atoms with van der Waals surface area (Å²) >= 11 is 3.30. The van der Waals surface area contributed by atoms with Crippen molar-refractivity contribution in [3.63, 3.8) is 0 Å². The molecule has 8 heteroatoms. The predicted molar refractivity (Wildman–Crippen MR) is 82.0 cm³/mol. The van der Waals surface area contributed by atoms with Gasteiger partial charge in [-0.05, 0) is 24.3 Å². The summed E-state index contributed by atoms with van der Waals surface area (Å²) in [6.07, 6.45) is -0.826. The van der Waals surface area contributed by atoms with Crippen LogP contribution in [0.4, 0.5) is 14.5 Å². The summed E-state index contributed by atoms with van der Waals surface area (Å²) in [4.78, 5) is 5.52. The van der Waals surface area contributed by atoms with Crippen LogP contribution in [0.2, 0.25) is 0 Å². The van der Waals surface area contributed by atoms with Crippen molar-refractivity contribution in [2.75, 3.05) is 6.54 Å². The molecule has 1 aromatic rings. The normalized spacial score (nSPS) is 22.1. The maximum atomic E-state index is 13.6. The molecule has 21 heavy (non-hydrogen) atoms. The number of nitrogens with one attached hydrogen (secondary N) is 1. The highest BCUT2D eigenvalue weighted by atomic mass is 79.9. The average Bonchev–Trinajstić information content (AvgIpc) is 2.40. The van der Waals surface area contributed by atoms with E-state index in [2.05, 4.69) is 20.9 Å². The van der Waals surface area contributed by atoms with Crippen LogP contribution in [0.3, 0.4) is 0 Å². The Balaban J connectivity index is 2.26. The van der Waals surface area contributed by atoms with Crippen molar-refractivity contribution < 1.29 is 8.78 Å². The third kappa shape index (κ3) is 3.90. The van der Waals surface area contributed by atoms with E-state index >= 15 is 0 Å². The molecule has 1 fully saturated rings. The number of nitrogens with two attached hydrogens (primary N) is 2. The minimum absolute atomic E-state index is 0.0104. The molecular formula is C13H16BrF2N5. The molecular weight excluding hydrogens is 344 g/mol. The molecule has 1 saturated heterocycles. The Labute approximate surface area is 129 Å². The molecule has 1 aromatic carbocycles. The third-order valence-electron chi connectivity index (χ3n) is 3.32. The second kappa shape index (κ2) is 5.97. The van der Waals surface area contributed by atoms with E-state index in [1.54, 1.807) is 24.3 Å². The van der Waals surface area contributed by atoms with E-state index in [4.69, 9.17) is 16.9 Å². The lowest BCUT2D eigenvalue weighted by Crippen LogP contribution is -2.56. The van der Waals surface area contributed by atoms with E-state index in [-0.39, 0.29) is 24.8 Å². The lowest BCUT2D eigenvalue weighted by molar-refractivity contribution is -0.0526. The van der Waals surface area contributed by atoms with Crippen molar-refractivity contribution in [2.24, 2.45) is 16.5 Å². The zero-order valence-corrected chi connectivity index (χ0v) is 12.8. The summed E-state index contributed by atoms with van der Waals surface area (Å²) in [6.45, 7) is -0.0104. The summed E-state index contributed by atoms with van der Waals surface area (Å²) in [6, 6.07) is 6.13. The van der Waals surface area contributed by atoms with Crippen molar-refractivity contribution in [1.29, 1.82) is 5.41 Å². The molecule has 114 valence electrons. The second-order valence-corrected chi connectivity index (χ2v) is 5.83. The van der Waals surface area contributed by atoms with Crippen molar-refractivity contribution in [2.45, 2.75) is 24.8 Å². The third-order valence-corrected chi connectivity index (χ3v) is 3.85. The number of nitrogens with zero attached hydrogens (tertiary/aromatic N) is 2. The number of aliphatic imine (C=N–C) groups is 1. The summed E-state index contributed by atoms with van der Waals surface area (Å²) in [5.74, 6) is -3.06. The highest BCUT2D eigenvalue weighted by molar-refractivity contribution is 9.10. The number of benzene rings is 1. The standard InChI is InChI=1S/C13H16BrF2N5/c14-8-1-3-9(4-2-8)20-11(17)10-7-13(15,16)5-6-21(10)12(18)19/h1-4,10H,5-7H2,(H2,17,20)(H3,18,19). The summed E-state index contributed by atoms with van der Waals surface area (Å²) < 4.78 is 28.1. The quantitative estimate of drug-likeness (QED) is 0.559. The molecule has 2 rings (SSSR count). The van der Waals surface area contributed by atoms with E-state index in [1.165, 1.54) is 4.90 Å². The number of likely N-dealkylation sites (tertiary alicyclic amines) is 1. The number of piperidine rings is 1. The molecule has 5 N–H and O–H groups in total. The van der Waals surface area contributed by atoms with E-state index in [9.17, 15) is 8.78 Å². The summed E-state index contributed by atoms with van der Waals surface area (Å²) in [5, 5.41) is 7.49. The number of guanidine groups is 1. The smallest absolute Gasteiger partial charge is 0.252 e. The van der Waals surface area contributed by atoms with Gasteiger partial charge in [0.25, 0.3) is 5.92 Å².